The number of rotatable bonds is 12. The quantitative estimate of drug-likeness (QED) is 0.273. The SMILES string of the molecule is CCCC(=O)N(C)[C@H](CC)C(=O)N(C)[C@@H](CC(C)C)C(=O)N[C@H](C(=O)N(C)C(=O)NC(=O)NC(=O)NC)C(C)C. The van der Waals surface area contributed by atoms with Crippen molar-refractivity contribution in [3.63, 3.8) is 0 Å². The molecule has 40 heavy (non-hydrogen) atoms. The van der Waals surface area contributed by atoms with Gasteiger partial charge >= 0.3 is 18.1 Å². The number of carbonyl (C=O) groups excluding carboxylic acids is 7. The van der Waals surface area contributed by atoms with E-state index in [0.29, 0.717) is 24.2 Å². The van der Waals surface area contributed by atoms with Crippen molar-refractivity contribution in [1.29, 1.82) is 0 Å². The van der Waals surface area contributed by atoms with Crippen LogP contribution in [-0.4, -0.2) is 103 Å². The summed E-state index contributed by atoms with van der Waals surface area (Å²) in [5, 5.41) is 8.51. The molecule has 0 aromatic heterocycles. The molecule has 0 aliphatic rings. The Hall–Kier alpha value is -3.71. The number of carbonyl (C=O) groups is 7. The molecule has 0 rings (SSSR count). The van der Waals surface area contributed by atoms with E-state index in [1.165, 1.54) is 23.9 Å². The summed E-state index contributed by atoms with van der Waals surface area (Å²) in [7, 11) is 5.47. The molecule has 3 atom stereocenters. The summed E-state index contributed by atoms with van der Waals surface area (Å²) in [5.41, 5.74) is 0. The predicted molar refractivity (Wildman–Crippen MR) is 149 cm³/mol. The van der Waals surface area contributed by atoms with Crippen LogP contribution in [0.1, 0.15) is 67.2 Å². The van der Waals surface area contributed by atoms with E-state index in [4.69, 9.17) is 0 Å². The van der Waals surface area contributed by atoms with Crippen LogP contribution in [0, 0.1) is 11.8 Å². The number of imide groups is 3. The second-order valence-corrected chi connectivity index (χ2v) is 10.4. The van der Waals surface area contributed by atoms with E-state index in [0.717, 1.165) is 7.05 Å². The van der Waals surface area contributed by atoms with Crippen LogP contribution in [0.3, 0.4) is 0 Å². The molecule has 0 saturated carbocycles. The predicted octanol–water partition coefficient (Wildman–Crippen LogP) is 1.25. The van der Waals surface area contributed by atoms with Crippen molar-refractivity contribution in [1.82, 2.24) is 36.0 Å². The number of hydrogen-bond donors (Lipinski definition) is 4. The maximum atomic E-state index is 13.5. The van der Waals surface area contributed by atoms with Crippen molar-refractivity contribution in [2.75, 3.05) is 28.2 Å². The maximum absolute atomic E-state index is 13.5. The molecule has 0 aliphatic heterocycles. The standard InChI is InChI=1S/C26H47N7O7/c1-11-13-19(34)31(8)17(12-2)22(36)32(9)18(14-15(3)4)21(35)28-20(16(5)6)23(37)33(10)26(40)30-25(39)29-24(38)27-7/h15-18,20H,11-14H2,1-10H3,(H,28,35)(H3,27,29,30,38,39,40)/t17-,18+,20+/m1/s1. The molecule has 4 N–H and O–H groups in total. The van der Waals surface area contributed by atoms with Crippen molar-refractivity contribution < 1.29 is 33.6 Å². The van der Waals surface area contributed by atoms with Gasteiger partial charge in [0.25, 0.3) is 5.91 Å². The van der Waals surface area contributed by atoms with Crippen LogP contribution in [0.5, 0.6) is 0 Å². The highest BCUT2D eigenvalue weighted by Crippen LogP contribution is 2.17. The third-order valence-corrected chi connectivity index (χ3v) is 6.35. The van der Waals surface area contributed by atoms with Crippen molar-refractivity contribution in [2.24, 2.45) is 11.8 Å². The summed E-state index contributed by atoms with van der Waals surface area (Å²) in [4.78, 5) is 91.4. The molecule has 0 fully saturated rings. The van der Waals surface area contributed by atoms with Gasteiger partial charge < -0.3 is 20.4 Å². The zero-order valence-corrected chi connectivity index (χ0v) is 25.4. The topological polar surface area (TPSA) is 177 Å². The lowest BCUT2D eigenvalue weighted by atomic mass is 9.98. The second kappa shape index (κ2) is 17.1. The van der Waals surface area contributed by atoms with Crippen LogP contribution in [0.15, 0.2) is 0 Å². The van der Waals surface area contributed by atoms with Gasteiger partial charge in [0.2, 0.25) is 17.7 Å². The molecule has 14 nitrogen and oxygen atoms in total. The van der Waals surface area contributed by atoms with Gasteiger partial charge in [-0.1, -0.05) is 41.5 Å². The number of likely N-dealkylation sites (N-methyl/N-ethyl adjacent to an activating group) is 3. The Labute approximate surface area is 236 Å². The fraction of sp³-hybridized carbons (Fsp3) is 0.731. The Morgan fingerprint density at radius 2 is 1.32 bits per heavy atom. The fourth-order valence-electron chi connectivity index (χ4n) is 3.90. The smallest absolute Gasteiger partial charge is 0.331 e. The molecule has 0 bridgehead atoms. The highest BCUT2D eigenvalue weighted by Gasteiger charge is 2.37. The molecule has 0 saturated heterocycles. The molecular formula is C26H47N7O7. The Morgan fingerprint density at radius 1 is 0.750 bits per heavy atom. The Balaban J connectivity index is 5.86. The molecule has 228 valence electrons. The normalized spacial score (nSPS) is 13.0. The number of hydrogen-bond acceptors (Lipinski definition) is 7. The first-order chi connectivity index (χ1) is 18.5. The van der Waals surface area contributed by atoms with Gasteiger partial charge in [-0.3, -0.25) is 34.7 Å². The second-order valence-electron chi connectivity index (χ2n) is 10.4. The van der Waals surface area contributed by atoms with Gasteiger partial charge in [0.1, 0.15) is 18.1 Å². The van der Waals surface area contributed by atoms with Crippen molar-refractivity contribution >= 4 is 41.7 Å². The summed E-state index contributed by atoms with van der Waals surface area (Å²) in [6, 6.07) is -5.98. The molecule has 0 spiro atoms. The summed E-state index contributed by atoms with van der Waals surface area (Å²) in [6.45, 7) is 10.8. The van der Waals surface area contributed by atoms with Crippen LogP contribution in [0.25, 0.3) is 0 Å². The summed E-state index contributed by atoms with van der Waals surface area (Å²) < 4.78 is 0. The average Bonchev–Trinajstić information content (AvgIpc) is 2.88. The van der Waals surface area contributed by atoms with Crippen LogP contribution in [0.4, 0.5) is 14.4 Å². The average molecular weight is 570 g/mol. The lowest BCUT2D eigenvalue weighted by molar-refractivity contribution is -0.148. The van der Waals surface area contributed by atoms with Gasteiger partial charge in [0.05, 0.1) is 0 Å². The van der Waals surface area contributed by atoms with Crippen LogP contribution in [-0.2, 0) is 19.2 Å². The van der Waals surface area contributed by atoms with E-state index < -0.39 is 59.9 Å². The highest BCUT2D eigenvalue weighted by atomic mass is 16.2. The molecule has 0 radical (unpaired) electrons. The number of amides is 10. The molecule has 0 aromatic rings. The van der Waals surface area contributed by atoms with Gasteiger partial charge in [0, 0.05) is 34.6 Å². The summed E-state index contributed by atoms with van der Waals surface area (Å²) in [5.74, 6) is -2.43. The molecule has 14 heteroatoms. The number of nitrogens with zero attached hydrogens (tertiary/aromatic N) is 3. The first-order valence-electron chi connectivity index (χ1n) is 13.5. The van der Waals surface area contributed by atoms with Crippen molar-refractivity contribution in [3.05, 3.63) is 0 Å². The van der Waals surface area contributed by atoms with Crippen LogP contribution >= 0.6 is 0 Å². The monoisotopic (exact) mass is 569 g/mol. The molecule has 10 amide bonds. The van der Waals surface area contributed by atoms with E-state index in [2.05, 4.69) is 10.6 Å². The fourth-order valence-corrected chi connectivity index (χ4v) is 3.90. The van der Waals surface area contributed by atoms with Gasteiger partial charge in [0.15, 0.2) is 0 Å². The van der Waals surface area contributed by atoms with Gasteiger partial charge in [-0.15, -0.1) is 0 Å². The van der Waals surface area contributed by atoms with Gasteiger partial charge in [-0.2, -0.15) is 0 Å². The Kier molecular flexibility index (Phi) is 15.5. The zero-order chi connectivity index (χ0) is 31.3. The van der Waals surface area contributed by atoms with E-state index in [-0.39, 0.29) is 18.2 Å². The van der Waals surface area contributed by atoms with Crippen molar-refractivity contribution in [2.45, 2.75) is 85.4 Å². The molecular weight excluding hydrogens is 522 g/mol. The van der Waals surface area contributed by atoms with Gasteiger partial charge in [-0.25, -0.2) is 14.4 Å². The first-order valence-corrected chi connectivity index (χ1v) is 13.5. The van der Waals surface area contributed by atoms with Crippen LogP contribution < -0.4 is 21.3 Å². The number of nitrogens with one attached hydrogen (secondary N) is 4. The minimum atomic E-state index is -1.17. The molecule has 0 aliphatic carbocycles. The van der Waals surface area contributed by atoms with Gasteiger partial charge in [-0.05, 0) is 31.1 Å². The summed E-state index contributed by atoms with van der Waals surface area (Å²) in [6.07, 6.45) is 1.57. The first kappa shape index (κ1) is 36.3. The lowest BCUT2D eigenvalue weighted by Crippen LogP contribution is -2.59. The Morgan fingerprint density at radius 3 is 1.77 bits per heavy atom. The van der Waals surface area contributed by atoms with Crippen molar-refractivity contribution in [3.8, 4) is 0 Å². The third-order valence-electron chi connectivity index (χ3n) is 6.35. The number of urea groups is 3. The summed E-state index contributed by atoms with van der Waals surface area (Å²) >= 11 is 0. The largest absolute Gasteiger partial charge is 0.342 e. The van der Waals surface area contributed by atoms with E-state index >= 15 is 0 Å². The lowest BCUT2D eigenvalue weighted by Gasteiger charge is -2.35. The Bertz CT molecular complexity index is 938. The van der Waals surface area contributed by atoms with E-state index in [1.54, 1.807) is 27.8 Å². The highest BCUT2D eigenvalue weighted by molar-refractivity contribution is 6.06. The van der Waals surface area contributed by atoms with E-state index in [1.807, 2.05) is 31.4 Å². The third kappa shape index (κ3) is 10.8. The van der Waals surface area contributed by atoms with E-state index in [9.17, 15) is 33.6 Å². The zero-order valence-electron chi connectivity index (χ0n) is 25.4. The van der Waals surface area contributed by atoms with Crippen LogP contribution in [0.2, 0.25) is 0 Å². The molecule has 0 unspecified atom stereocenters. The minimum Gasteiger partial charge on any atom is -0.342 e. The molecule has 0 aromatic carbocycles. The molecule has 0 heterocycles. The maximum Gasteiger partial charge on any atom is 0.331 e. The minimum absolute atomic E-state index is 0.00557.